The van der Waals surface area contributed by atoms with Crippen molar-refractivity contribution in [3.63, 3.8) is 0 Å². The number of rotatable bonds is 6. The summed E-state index contributed by atoms with van der Waals surface area (Å²) in [6, 6.07) is 6.24. The topological polar surface area (TPSA) is 68.1 Å². The Balaban J connectivity index is 1.60. The highest BCUT2D eigenvalue weighted by molar-refractivity contribution is 6.05. The molecule has 0 amide bonds. The van der Waals surface area contributed by atoms with Crippen molar-refractivity contribution in [2.75, 3.05) is 0 Å². The lowest BCUT2D eigenvalue weighted by molar-refractivity contribution is 0.0330. The molecule has 1 aliphatic carbocycles. The number of aryl methyl sites for hydroxylation is 1. The zero-order chi connectivity index (χ0) is 25.5. The summed E-state index contributed by atoms with van der Waals surface area (Å²) in [6.07, 6.45) is 5.12. The van der Waals surface area contributed by atoms with Gasteiger partial charge in [0.25, 0.3) is 0 Å². The lowest BCUT2D eigenvalue weighted by Crippen LogP contribution is -2.47. The molecule has 1 aliphatic rings. The number of carbonyl (C=O) groups excluding carboxylic acids is 1. The Morgan fingerprint density at radius 1 is 1.11 bits per heavy atom. The van der Waals surface area contributed by atoms with Crippen molar-refractivity contribution < 1.29 is 27.1 Å². The molecule has 1 aromatic heterocycles. The van der Waals surface area contributed by atoms with Gasteiger partial charge in [0, 0.05) is 27.7 Å². The summed E-state index contributed by atoms with van der Waals surface area (Å²) in [5.74, 6) is -7.37. The van der Waals surface area contributed by atoms with Crippen molar-refractivity contribution in [2.45, 2.75) is 70.9 Å². The third-order valence-corrected chi connectivity index (χ3v) is 7.23. The van der Waals surface area contributed by atoms with E-state index in [2.05, 4.69) is 11.9 Å². The number of ether oxygens (including phenoxy) is 1. The molecule has 3 N–H and O–H groups in total. The van der Waals surface area contributed by atoms with E-state index in [-0.39, 0.29) is 11.1 Å². The second-order valence-electron chi connectivity index (χ2n) is 9.96. The van der Waals surface area contributed by atoms with Gasteiger partial charge in [0.2, 0.25) is 0 Å². The molecule has 2 aromatic carbocycles. The van der Waals surface area contributed by atoms with E-state index < -0.39 is 40.9 Å². The van der Waals surface area contributed by atoms with Crippen LogP contribution in [0.4, 0.5) is 17.6 Å². The van der Waals surface area contributed by atoms with E-state index in [0.717, 1.165) is 18.4 Å². The first-order valence-electron chi connectivity index (χ1n) is 11.9. The highest BCUT2D eigenvalue weighted by Crippen LogP contribution is 2.35. The van der Waals surface area contributed by atoms with Crippen LogP contribution in [0.15, 0.2) is 24.3 Å². The summed E-state index contributed by atoms with van der Waals surface area (Å²) < 4.78 is 60.2. The average Bonchev–Trinajstić information content (AvgIpc) is 3.15. The zero-order valence-electron chi connectivity index (χ0n) is 20.1. The fraction of sp³-hybridized carbons (Fsp3) is 0.444. The van der Waals surface area contributed by atoms with Gasteiger partial charge in [0.15, 0.2) is 23.3 Å². The number of nitrogens with two attached hydrogens (primary N) is 1. The molecule has 1 heterocycles. The summed E-state index contributed by atoms with van der Waals surface area (Å²) in [7, 11) is 0. The summed E-state index contributed by atoms with van der Waals surface area (Å²) in [6.45, 7) is 5.04. The molecule has 4 nitrogen and oxygen atoms in total. The van der Waals surface area contributed by atoms with Gasteiger partial charge < -0.3 is 15.5 Å². The number of hydrogen-bond donors (Lipinski definition) is 2. The van der Waals surface area contributed by atoms with Crippen LogP contribution in [0.5, 0.6) is 0 Å². The van der Waals surface area contributed by atoms with Crippen LogP contribution in [0.3, 0.4) is 0 Å². The molecule has 0 bridgehead atoms. The van der Waals surface area contributed by atoms with E-state index in [1.807, 2.05) is 18.2 Å². The number of nitrogens with one attached hydrogen (secondary N) is 1. The Bertz CT molecular complexity index is 1260. The van der Waals surface area contributed by atoms with Gasteiger partial charge in [-0.25, -0.2) is 22.4 Å². The second-order valence-corrected chi connectivity index (χ2v) is 9.96. The van der Waals surface area contributed by atoms with E-state index in [0.29, 0.717) is 35.0 Å². The van der Waals surface area contributed by atoms with Crippen molar-refractivity contribution in [3.05, 3.63) is 69.9 Å². The largest absolute Gasteiger partial charge is 0.454 e. The van der Waals surface area contributed by atoms with Crippen LogP contribution in [-0.2, 0) is 11.2 Å². The maximum Gasteiger partial charge on any atom is 0.341 e. The van der Waals surface area contributed by atoms with E-state index in [4.69, 9.17) is 10.5 Å². The summed E-state index contributed by atoms with van der Waals surface area (Å²) in [4.78, 5) is 16.2. The van der Waals surface area contributed by atoms with Crippen molar-refractivity contribution in [3.8, 4) is 0 Å². The summed E-state index contributed by atoms with van der Waals surface area (Å²) >= 11 is 0. The van der Waals surface area contributed by atoms with Crippen LogP contribution in [-0.4, -0.2) is 16.5 Å². The molecule has 8 heteroatoms. The van der Waals surface area contributed by atoms with Crippen molar-refractivity contribution in [1.29, 1.82) is 0 Å². The molecule has 3 aromatic rings. The first-order chi connectivity index (χ1) is 16.5. The minimum absolute atomic E-state index is 0.244. The third-order valence-electron chi connectivity index (χ3n) is 7.23. The van der Waals surface area contributed by atoms with Gasteiger partial charge in [-0.1, -0.05) is 25.3 Å². The number of H-pyrrole nitrogens is 1. The maximum absolute atomic E-state index is 14.2. The number of hydrogen-bond acceptors (Lipinski definition) is 3. The Morgan fingerprint density at radius 2 is 1.80 bits per heavy atom. The van der Waals surface area contributed by atoms with Gasteiger partial charge in [-0.2, -0.15) is 0 Å². The lowest BCUT2D eigenvalue weighted by atomic mass is 9.73. The zero-order valence-corrected chi connectivity index (χ0v) is 20.1. The number of aromatic amines is 1. The number of aromatic nitrogens is 1. The number of carbonyl (C=O) groups is 1. The van der Waals surface area contributed by atoms with Crippen LogP contribution >= 0.6 is 0 Å². The predicted octanol–water partition coefficient (Wildman–Crippen LogP) is 6.79. The summed E-state index contributed by atoms with van der Waals surface area (Å²) in [5, 5.41) is 0.619. The minimum atomic E-state index is -1.95. The van der Waals surface area contributed by atoms with Gasteiger partial charge in [0.1, 0.15) is 6.10 Å². The molecular weight excluding hydrogens is 460 g/mol. The Morgan fingerprint density at radius 3 is 2.49 bits per heavy atom. The van der Waals surface area contributed by atoms with Crippen LogP contribution < -0.4 is 5.73 Å². The molecule has 0 radical (unpaired) electrons. The molecule has 188 valence electrons. The highest BCUT2D eigenvalue weighted by Gasteiger charge is 2.32. The normalized spacial score (nSPS) is 17.4. The van der Waals surface area contributed by atoms with Crippen LogP contribution in [0.1, 0.15) is 79.2 Å². The minimum Gasteiger partial charge on any atom is -0.454 e. The average molecular weight is 491 g/mol. The Hall–Kier alpha value is -2.87. The van der Waals surface area contributed by atoms with Crippen molar-refractivity contribution in [1.82, 2.24) is 4.98 Å². The molecule has 0 saturated heterocycles. The van der Waals surface area contributed by atoms with E-state index in [1.54, 1.807) is 6.92 Å². The van der Waals surface area contributed by atoms with E-state index in [1.165, 1.54) is 26.2 Å². The standard InChI is InChI=1S/C27H30F4N2O2/c1-14-22(26(34)35-15(2)18-12-20(28)24(30)25(31)23(18)29)19-11-16(9-10-21(19)33-14)13-27(3,32)17-7-5-4-6-8-17/h9-12,15,17,33H,4-8,13,32H2,1-3H3. The van der Waals surface area contributed by atoms with Gasteiger partial charge in [-0.05, 0) is 69.7 Å². The molecule has 2 atom stereocenters. The monoisotopic (exact) mass is 490 g/mol. The molecule has 0 aliphatic heterocycles. The predicted molar refractivity (Wildman–Crippen MR) is 126 cm³/mol. The van der Waals surface area contributed by atoms with E-state index in [9.17, 15) is 22.4 Å². The molecule has 1 fully saturated rings. The number of halogens is 4. The fourth-order valence-electron chi connectivity index (χ4n) is 5.26. The Kier molecular flexibility index (Phi) is 6.95. The van der Waals surface area contributed by atoms with Crippen LogP contribution in [0.2, 0.25) is 0 Å². The SMILES string of the molecule is Cc1[nH]c2ccc(CC(C)(N)C3CCCCC3)cc2c1C(=O)OC(C)c1cc(F)c(F)c(F)c1F. The molecule has 35 heavy (non-hydrogen) atoms. The van der Waals surface area contributed by atoms with Crippen molar-refractivity contribution in [2.24, 2.45) is 11.7 Å². The van der Waals surface area contributed by atoms with Crippen molar-refractivity contribution >= 4 is 16.9 Å². The van der Waals surface area contributed by atoms with Gasteiger partial charge in [-0.15, -0.1) is 0 Å². The molecule has 0 spiro atoms. The first-order valence-corrected chi connectivity index (χ1v) is 11.9. The quantitative estimate of drug-likeness (QED) is 0.173. The van der Waals surface area contributed by atoms with Gasteiger partial charge in [0.05, 0.1) is 5.56 Å². The lowest BCUT2D eigenvalue weighted by Gasteiger charge is -2.37. The third kappa shape index (κ3) is 4.94. The van der Waals surface area contributed by atoms with Crippen LogP contribution in [0, 0.1) is 36.1 Å². The maximum atomic E-state index is 14.2. The van der Waals surface area contributed by atoms with E-state index >= 15 is 0 Å². The number of benzene rings is 2. The summed E-state index contributed by atoms with van der Waals surface area (Å²) in [5.41, 5.74) is 8.23. The highest BCUT2D eigenvalue weighted by atomic mass is 19.2. The molecule has 2 unspecified atom stereocenters. The fourth-order valence-corrected chi connectivity index (χ4v) is 5.26. The smallest absolute Gasteiger partial charge is 0.341 e. The van der Waals surface area contributed by atoms with Gasteiger partial charge >= 0.3 is 5.97 Å². The van der Waals surface area contributed by atoms with Gasteiger partial charge in [-0.3, -0.25) is 0 Å². The first kappa shape index (κ1) is 25.2. The molecule has 1 saturated carbocycles. The van der Waals surface area contributed by atoms with Crippen LogP contribution in [0.25, 0.3) is 10.9 Å². The number of fused-ring (bicyclic) bond motifs is 1. The molecular formula is C27H30F4N2O2. The Labute approximate surface area is 201 Å². The second kappa shape index (κ2) is 9.64. The molecule has 4 rings (SSSR count). The number of esters is 1.